The monoisotopic (exact) mass is 588 g/mol. The number of carbonyl (C=O) groups is 5. The average Bonchev–Trinajstić information content (AvgIpc) is 3.40. The molecule has 0 unspecified atom stereocenters. The lowest BCUT2D eigenvalue weighted by Crippen LogP contribution is -2.54. The molecule has 1 aliphatic heterocycles. The third-order valence-corrected chi connectivity index (χ3v) is 7.52. The topological polar surface area (TPSA) is 146 Å². The number of benzene rings is 2. The van der Waals surface area contributed by atoms with E-state index in [0.717, 1.165) is 22.9 Å². The van der Waals surface area contributed by atoms with E-state index in [1.54, 1.807) is 40.0 Å². The summed E-state index contributed by atoms with van der Waals surface area (Å²) in [7, 11) is 1.57. The van der Waals surface area contributed by atoms with Crippen LogP contribution < -0.4 is 20.7 Å². The molecule has 0 saturated carbocycles. The third kappa shape index (κ3) is 8.53. The van der Waals surface area contributed by atoms with Crippen molar-refractivity contribution in [1.29, 1.82) is 0 Å². The molecule has 1 saturated heterocycles. The van der Waals surface area contributed by atoms with Gasteiger partial charge < -0.3 is 25.7 Å². The highest BCUT2D eigenvalue weighted by Crippen LogP contribution is 2.24. The molecule has 0 bridgehead atoms. The lowest BCUT2D eigenvalue weighted by molar-refractivity contribution is -0.142. The molecule has 3 amide bonds. The summed E-state index contributed by atoms with van der Waals surface area (Å²) >= 11 is 0. The lowest BCUT2D eigenvalue weighted by Gasteiger charge is -2.28. The number of ether oxygens (including phenoxy) is 1. The number of aromatic amines is 1. The highest BCUT2D eigenvalue weighted by atomic mass is 16.5. The molecule has 0 radical (unpaired) electrons. The molecule has 1 aliphatic rings. The van der Waals surface area contributed by atoms with Crippen molar-refractivity contribution < 1.29 is 28.7 Å². The van der Waals surface area contributed by atoms with Gasteiger partial charge in [-0.15, -0.1) is 0 Å². The van der Waals surface area contributed by atoms with Crippen LogP contribution in [0.4, 0.5) is 0 Å². The van der Waals surface area contributed by atoms with Gasteiger partial charge in [0, 0.05) is 41.2 Å². The van der Waals surface area contributed by atoms with E-state index in [0.29, 0.717) is 24.4 Å². The molecule has 3 atom stereocenters. The van der Waals surface area contributed by atoms with Crippen molar-refractivity contribution in [3.8, 4) is 5.75 Å². The molecule has 3 aromatic rings. The van der Waals surface area contributed by atoms with Gasteiger partial charge >= 0.3 is 0 Å². The van der Waals surface area contributed by atoms with E-state index < -0.39 is 41.0 Å². The predicted molar refractivity (Wildman–Crippen MR) is 163 cm³/mol. The number of H-pyrrole nitrogens is 1. The van der Waals surface area contributed by atoms with Gasteiger partial charge in [-0.3, -0.25) is 24.0 Å². The Hall–Kier alpha value is -4.47. The number of methoxy groups -OCH3 is 1. The minimum atomic E-state index is -1.22. The molecule has 4 rings (SSSR count). The number of hydrogen-bond acceptors (Lipinski definition) is 6. The standard InChI is InChI=1S/C33H40N4O6/c1-33(2,3)37-32(42)29(39)27(17-21-11-8-14-34-30(21)40)36-31(41)23(15-20-9-6-5-7-10-20)19-28(38)26-18-22-16-24(43-4)12-13-25(22)35-26/h5-7,9-10,12-13,16,18,21,23,27,35H,8,11,14-15,17,19H2,1-4H3,(H,34,40)(H,36,41)(H,37,42)/t21-,23+,27-/m0/s1. The first-order valence-corrected chi connectivity index (χ1v) is 14.6. The fourth-order valence-electron chi connectivity index (χ4n) is 5.30. The van der Waals surface area contributed by atoms with E-state index in [9.17, 15) is 24.0 Å². The zero-order valence-corrected chi connectivity index (χ0v) is 25.1. The van der Waals surface area contributed by atoms with E-state index in [2.05, 4.69) is 20.9 Å². The zero-order chi connectivity index (χ0) is 31.1. The van der Waals surface area contributed by atoms with E-state index in [-0.39, 0.29) is 31.0 Å². The first-order chi connectivity index (χ1) is 20.4. The van der Waals surface area contributed by atoms with E-state index in [1.165, 1.54) is 0 Å². The first-order valence-electron chi connectivity index (χ1n) is 14.6. The van der Waals surface area contributed by atoms with E-state index in [4.69, 9.17) is 4.74 Å². The highest BCUT2D eigenvalue weighted by molar-refractivity contribution is 6.38. The maximum Gasteiger partial charge on any atom is 0.290 e. The number of fused-ring (bicyclic) bond motifs is 1. The molecule has 2 heterocycles. The molecule has 43 heavy (non-hydrogen) atoms. The Labute approximate surface area is 251 Å². The Morgan fingerprint density at radius 1 is 1.05 bits per heavy atom. The summed E-state index contributed by atoms with van der Waals surface area (Å²) in [5, 5.41) is 9.01. The van der Waals surface area contributed by atoms with Gasteiger partial charge in [0.25, 0.3) is 5.91 Å². The summed E-state index contributed by atoms with van der Waals surface area (Å²) in [5.41, 5.74) is 1.28. The van der Waals surface area contributed by atoms with Crippen LogP contribution in [-0.2, 0) is 25.6 Å². The van der Waals surface area contributed by atoms with Crippen LogP contribution in [0.5, 0.6) is 5.75 Å². The lowest BCUT2D eigenvalue weighted by atomic mass is 9.88. The van der Waals surface area contributed by atoms with Crippen LogP contribution in [0, 0.1) is 11.8 Å². The number of carbonyl (C=O) groups excluding carboxylic acids is 5. The average molecular weight is 589 g/mol. The normalized spacial score (nSPS) is 16.6. The maximum atomic E-state index is 13.8. The van der Waals surface area contributed by atoms with Gasteiger partial charge in [-0.25, -0.2) is 0 Å². The van der Waals surface area contributed by atoms with Crippen molar-refractivity contribution in [2.45, 2.75) is 64.5 Å². The third-order valence-electron chi connectivity index (χ3n) is 7.52. The summed E-state index contributed by atoms with van der Waals surface area (Å²) < 4.78 is 5.28. The molecule has 1 fully saturated rings. The largest absolute Gasteiger partial charge is 0.497 e. The molecule has 10 heteroatoms. The van der Waals surface area contributed by atoms with Gasteiger partial charge in [-0.05, 0) is 76.3 Å². The second-order valence-electron chi connectivity index (χ2n) is 12.1. The smallest absolute Gasteiger partial charge is 0.290 e. The Bertz CT molecular complexity index is 1490. The molecule has 228 valence electrons. The number of rotatable bonds is 12. The Morgan fingerprint density at radius 3 is 2.47 bits per heavy atom. The van der Waals surface area contributed by atoms with Crippen molar-refractivity contribution in [3.05, 3.63) is 65.9 Å². The van der Waals surface area contributed by atoms with Gasteiger partial charge in [0.2, 0.25) is 17.6 Å². The van der Waals surface area contributed by atoms with Gasteiger partial charge in [-0.2, -0.15) is 0 Å². The second-order valence-corrected chi connectivity index (χ2v) is 12.1. The van der Waals surface area contributed by atoms with E-state index >= 15 is 0 Å². The molecule has 4 N–H and O–H groups in total. The van der Waals surface area contributed by atoms with Crippen molar-refractivity contribution in [2.75, 3.05) is 13.7 Å². The summed E-state index contributed by atoms with van der Waals surface area (Å²) in [6.07, 6.45) is 1.38. The van der Waals surface area contributed by atoms with Crippen LogP contribution in [0.2, 0.25) is 0 Å². The number of nitrogens with one attached hydrogen (secondary N) is 4. The Kier molecular flexibility index (Phi) is 10.0. The first kappa shape index (κ1) is 31.5. The summed E-state index contributed by atoms with van der Waals surface area (Å²) in [6.45, 7) is 5.80. The van der Waals surface area contributed by atoms with Gasteiger partial charge in [0.15, 0.2) is 5.78 Å². The number of aromatic nitrogens is 1. The van der Waals surface area contributed by atoms with Crippen LogP contribution in [0.1, 0.15) is 62.5 Å². The van der Waals surface area contributed by atoms with Crippen LogP contribution >= 0.6 is 0 Å². The minimum absolute atomic E-state index is 0.0101. The number of hydrogen-bond donors (Lipinski definition) is 4. The number of ketones is 2. The molecule has 2 aromatic carbocycles. The van der Waals surface area contributed by atoms with E-state index in [1.807, 2.05) is 42.5 Å². The van der Waals surface area contributed by atoms with Crippen LogP contribution in [-0.4, -0.2) is 59.5 Å². The van der Waals surface area contributed by atoms with Gasteiger partial charge in [0.1, 0.15) is 5.75 Å². The van der Waals surface area contributed by atoms with Crippen LogP contribution in [0.3, 0.4) is 0 Å². The Balaban J connectivity index is 1.58. The molecule has 10 nitrogen and oxygen atoms in total. The zero-order valence-electron chi connectivity index (χ0n) is 25.1. The molecule has 1 aromatic heterocycles. The molecular weight excluding hydrogens is 548 g/mol. The minimum Gasteiger partial charge on any atom is -0.497 e. The van der Waals surface area contributed by atoms with Gasteiger partial charge in [-0.1, -0.05) is 30.3 Å². The summed E-state index contributed by atoms with van der Waals surface area (Å²) in [6, 6.07) is 15.2. The summed E-state index contributed by atoms with van der Waals surface area (Å²) in [5.74, 6) is -3.38. The fraction of sp³-hybridized carbons (Fsp3) is 0.424. The maximum absolute atomic E-state index is 13.8. The SMILES string of the molecule is COc1ccc2[nH]c(C(=O)C[C@@H](Cc3ccccc3)C(=O)N[C@@H](C[C@@H]3CCCNC3=O)C(=O)C(=O)NC(C)(C)C)cc2c1. The Morgan fingerprint density at radius 2 is 1.79 bits per heavy atom. The highest BCUT2D eigenvalue weighted by Gasteiger charge is 2.36. The van der Waals surface area contributed by atoms with Crippen molar-refractivity contribution in [2.24, 2.45) is 11.8 Å². The van der Waals surface area contributed by atoms with Crippen LogP contribution in [0.15, 0.2) is 54.6 Å². The van der Waals surface area contributed by atoms with Crippen molar-refractivity contribution in [3.63, 3.8) is 0 Å². The predicted octanol–water partition coefficient (Wildman–Crippen LogP) is 3.49. The summed E-state index contributed by atoms with van der Waals surface area (Å²) in [4.78, 5) is 69.2. The number of piperidine rings is 1. The van der Waals surface area contributed by atoms with Gasteiger partial charge in [0.05, 0.1) is 18.8 Å². The quantitative estimate of drug-likeness (QED) is 0.188. The van der Waals surface area contributed by atoms with Crippen molar-refractivity contribution >= 4 is 40.2 Å². The second kappa shape index (κ2) is 13.7. The molecule has 0 spiro atoms. The molecular formula is C33H40N4O6. The van der Waals surface area contributed by atoms with Crippen LogP contribution in [0.25, 0.3) is 10.9 Å². The molecule has 0 aliphatic carbocycles. The van der Waals surface area contributed by atoms with Crippen molar-refractivity contribution in [1.82, 2.24) is 20.9 Å². The number of amides is 3. The number of Topliss-reactive ketones (excluding diaryl/α,β-unsaturated/α-hetero) is 2. The fourth-order valence-corrected chi connectivity index (χ4v) is 5.30.